The summed E-state index contributed by atoms with van der Waals surface area (Å²) in [6, 6.07) is 0. The summed E-state index contributed by atoms with van der Waals surface area (Å²) in [5.41, 5.74) is 0.968. The number of rotatable bonds is 1. The minimum Gasteiger partial charge on any atom is -0.377 e. The Labute approximate surface area is 111 Å². The SMILES string of the molecule is CC1(C)COCCN1c1nc2c(s1)C(=O)CCC2. The fraction of sp³-hybridized carbons (Fsp3) is 0.692. The van der Waals surface area contributed by atoms with Crippen LogP contribution in [0.4, 0.5) is 5.13 Å². The Morgan fingerprint density at radius 3 is 2.94 bits per heavy atom. The third-order valence-electron chi connectivity index (χ3n) is 3.63. The van der Waals surface area contributed by atoms with Gasteiger partial charge in [0.15, 0.2) is 10.9 Å². The first-order valence-electron chi connectivity index (χ1n) is 6.46. The van der Waals surface area contributed by atoms with Gasteiger partial charge in [0.2, 0.25) is 0 Å². The van der Waals surface area contributed by atoms with E-state index in [-0.39, 0.29) is 11.3 Å². The second-order valence-corrected chi connectivity index (χ2v) is 6.54. The van der Waals surface area contributed by atoms with E-state index in [1.54, 1.807) is 11.3 Å². The van der Waals surface area contributed by atoms with Gasteiger partial charge >= 0.3 is 0 Å². The number of nitrogens with zero attached hydrogens (tertiary/aromatic N) is 2. The molecule has 3 rings (SSSR count). The van der Waals surface area contributed by atoms with Crippen molar-refractivity contribution in [2.45, 2.75) is 38.6 Å². The normalized spacial score (nSPS) is 23.0. The van der Waals surface area contributed by atoms with Crippen LogP contribution < -0.4 is 4.90 Å². The topological polar surface area (TPSA) is 42.4 Å². The molecule has 4 nitrogen and oxygen atoms in total. The van der Waals surface area contributed by atoms with E-state index in [0.717, 1.165) is 41.7 Å². The number of fused-ring (bicyclic) bond motifs is 1. The number of thiazole rings is 1. The second-order valence-electron chi connectivity index (χ2n) is 5.57. The van der Waals surface area contributed by atoms with Crippen LogP contribution in [0.5, 0.6) is 0 Å². The Hall–Kier alpha value is -0.940. The number of hydrogen-bond donors (Lipinski definition) is 0. The minimum atomic E-state index is -0.0399. The third-order valence-corrected chi connectivity index (χ3v) is 4.79. The van der Waals surface area contributed by atoms with Crippen LogP contribution in [0, 0.1) is 0 Å². The summed E-state index contributed by atoms with van der Waals surface area (Å²) in [4.78, 5) is 19.7. The highest BCUT2D eigenvalue weighted by Crippen LogP contribution is 2.35. The van der Waals surface area contributed by atoms with Gasteiger partial charge in [0.25, 0.3) is 0 Å². The van der Waals surface area contributed by atoms with Crippen molar-refractivity contribution in [3.05, 3.63) is 10.6 Å². The van der Waals surface area contributed by atoms with Gasteiger partial charge in [-0.05, 0) is 26.7 Å². The van der Waals surface area contributed by atoms with Gasteiger partial charge in [-0.1, -0.05) is 11.3 Å². The van der Waals surface area contributed by atoms with Gasteiger partial charge in [-0.2, -0.15) is 0 Å². The molecule has 0 N–H and O–H groups in total. The highest BCUT2D eigenvalue weighted by atomic mass is 32.1. The minimum absolute atomic E-state index is 0.0399. The first-order chi connectivity index (χ1) is 8.58. The van der Waals surface area contributed by atoms with Crippen molar-refractivity contribution < 1.29 is 9.53 Å². The zero-order chi connectivity index (χ0) is 12.8. The van der Waals surface area contributed by atoms with E-state index in [1.807, 2.05) is 0 Å². The predicted octanol–water partition coefficient (Wildman–Crippen LogP) is 2.28. The number of ketones is 1. The Morgan fingerprint density at radius 1 is 1.39 bits per heavy atom. The Kier molecular flexibility index (Phi) is 2.90. The monoisotopic (exact) mass is 266 g/mol. The van der Waals surface area contributed by atoms with E-state index in [4.69, 9.17) is 4.74 Å². The molecular weight excluding hydrogens is 248 g/mol. The number of anilines is 1. The molecule has 0 aromatic carbocycles. The van der Waals surface area contributed by atoms with E-state index in [2.05, 4.69) is 23.7 Å². The van der Waals surface area contributed by atoms with Gasteiger partial charge in [0.05, 0.1) is 29.3 Å². The molecule has 0 bridgehead atoms. The van der Waals surface area contributed by atoms with Gasteiger partial charge in [-0.15, -0.1) is 0 Å². The molecule has 0 saturated carbocycles. The zero-order valence-electron chi connectivity index (χ0n) is 10.9. The summed E-state index contributed by atoms with van der Waals surface area (Å²) in [5, 5.41) is 0.989. The summed E-state index contributed by atoms with van der Waals surface area (Å²) < 4.78 is 5.53. The molecular formula is C13H18N2O2S. The van der Waals surface area contributed by atoms with Gasteiger partial charge in [-0.25, -0.2) is 4.98 Å². The Bertz CT molecular complexity index is 481. The summed E-state index contributed by atoms with van der Waals surface area (Å²) in [6.45, 7) is 6.63. The van der Waals surface area contributed by atoms with Crippen LogP contribution in [0.25, 0.3) is 0 Å². The molecule has 18 heavy (non-hydrogen) atoms. The summed E-state index contributed by atoms with van der Waals surface area (Å²) in [7, 11) is 0. The lowest BCUT2D eigenvalue weighted by atomic mass is 10.0. The maximum absolute atomic E-state index is 11.9. The standard InChI is InChI=1S/C13H18N2O2S/c1-13(2)8-17-7-6-15(13)12-14-9-4-3-5-10(16)11(9)18-12/h3-8H2,1-2H3. The van der Waals surface area contributed by atoms with Crippen LogP contribution in [-0.2, 0) is 11.2 Å². The van der Waals surface area contributed by atoms with Crippen LogP contribution in [0.15, 0.2) is 0 Å². The highest BCUT2D eigenvalue weighted by molar-refractivity contribution is 7.17. The fourth-order valence-corrected chi connectivity index (χ4v) is 3.85. The van der Waals surface area contributed by atoms with Crippen molar-refractivity contribution in [1.82, 2.24) is 4.98 Å². The number of aromatic nitrogens is 1. The van der Waals surface area contributed by atoms with Gasteiger partial charge in [0, 0.05) is 13.0 Å². The van der Waals surface area contributed by atoms with Crippen molar-refractivity contribution in [1.29, 1.82) is 0 Å². The van der Waals surface area contributed by atoms with E-state index < -0.39 is 0 Å². The van der Waals surface area contributed by atoms with Crippen LogP contribution >= 0.6 is 11.3 Å². The largest absolute Gasteiger partial charge is 0.377 e. The summed E-state index contributed by atoms with van der Waals surface area (Å²) in [5.74, 6) is 0.270. The lowest BCUT2D eigenvalue weighted by molar-refractivity contribution is 0.0643. The molecule has 0 spiro atoms. The van der Waals surface area contributed by atoms with Crippen molar-refractivity contribution in [2.75, 3.05) is 24.7 Å². The van der Waals surface area contributed by atoms with Gasteiger partial charge < -0.3 is 9.64 Å². The molecule has 1 aromatic heterocycles. The molecule has 0 atom stereocenters. The Morgan fingerprint density at radius 2 is 2.22 bits per heavy atom. The molecule has 2 heterocycles. The average molecular weight is 266 g/mol. The molecule has 1 aromatic rings. The fourth-order valence-electron chi connectivity index (χ4n) is 2.58. The molecule has 1 aliphatic carbocycles. The van der Waals surface area contributed by atoms with E-state index in [9.17, 15) is 4.79 Å². The number of carbonyl (C=O) groups is 1. The first-order valence-corrected chi connectivity index (χ1v) is 7.28. The predicted molar refractivity (Wildman–Crippen MR) is 71.6 cm³/mol. The van der Waals surface area contributed by atoms with Gasteiger partial charge in [-0.3, -0.25) is 4.79 Å². The molecule has 0 unspecified atom stereocenters. The lowest BCUT2D eigenvalue weighted by Crippen LogP contribution is -2.53. The molecule has 2 aliphatic rings. The molecule has 1 aliphatic heterocycles. The molecule has 0 radical (unpaired) electrons. The number of ether oxygens (including phenoxy) is 1. The number of morpholine rings is 1. The van der Waals surface area contributed by atoms with Crippen molar-refractivity contribution in [3.8, 4) is 0 Å². The van der Waals surface area contributed by atoms with Crippen LogP contribution in [0.2, 0.25) is 0 Å². The van der Waals surface area contributed by atoms with E-state index in [1.165, 1.54) is 0 Å². The average Bonchev–Trinajstić information content (AvgIpc) is 2.73. The van der Waals surface area contributed by atoms with E-state index in [0.29, 0.717) is 13.0 Å². The number of carbonyl (C=O) groups excluding carboxylic acids is 1. The van der Waals surface area contributed by atoms with Crippen molar-refractivity contribution in [3.63, 3.8) is 0 Å². The maximum atomic E-state index is 11.9. The second kappa shape index (κ2) is 4.31. The van der Waals surface area contributed by atoms with Gasteiger partial charge in [0.1, 0.15) is 0 Å². The lowest BCUT2D eigenvalue weighted by Gasteiger charge is -2.42. The third kappa shape index (κ3) is 1.95. The summed E-state index contributed by atoms with van der Waals surface area (Å²) >= 11 is 1.56. The van der Waals surface area contributed by atoms with E-state index >= 15 is 0 Å². The first kappa shape index (κ1) is 12.1. The Balaban J connectivity index is 1.95. The quantitative estimate of drug-likeness (QED) is 0.782. The maximum Gasteiger partial charge on any atom is 0.186 e. The number of hydrogen-bond acceptors (Lipinski definition) is 5. The zero-order valence-corrected chi connectivity index (χ0v) is 11.7. The molecule has 98 valence electrons. The van der Waals surface area contributed by atoms with Crippen molar-refractivity contribution in [2.24, 2.45) is 0 Å². The molecule has 1 saturated heterocycles. The smallest absolute Gasteiger partial charge is 0.186 e. The molecule has 1 fully saturated rings. The van der Waals surface area contributed by atoms with Crippen LogP contribution in [0.3, 0.4) is 0 Å². The highest BCUT2D eigenvalue weighted by Gasteiger charge is 2.34. The number of aryl methyl sites for hydroxylation is 1. The van der Waals surface area contributed by atoms with Crippen LogP contribution in [-0.4, -0.2) is 36.1 Å². The number of Topliss-reactive ketones (excluding diaryl/α,β-unsaturated/α-hetero) is 1. The molecule has 0 amide bonds. The van der Waals surface area contributed by atoms with Crippen LogP contribution in [0.1, 0.15) is 42.1 Å². The molecule has 5 heteroatoms. The van der Waals surface area contributed by atoms with Crippen molar-refractivity contribution >= 4 is 22.3 Å². The summed E-state index contributed by atoms with van der Waals surface area (Å²) in [6.07, 6.45) is 2.57.